The van der Waals surface area contributed by atoms with Crippen molar-refractivity contribution < 1.29 is 33.9 Å². The number of hydrogen-bond acceptors (Lipinski definition) is 10. The highest BCUT2D eigenvalue weighted by Gasteiger charge is 2.28. The number of rotatable bonds is 16. The minimum Gasteiger partial charge on any atom is -0.480 e. The molecule has 0 saturated heterocycles. The van der Waals surface area contributed by atoms with Crippen molar-refractivity contribution in [3.8, 4) is 0 Å². The molecule has 2 aromatic rings. The number of nitrogens with one attached hydrogen (secondary N) is 5. The standard InChI is InChI=1S/C28H38ClN11O7/c1-13(2)9-17(27(46)47)37-25(44)16(10-15-7-5-4-6-8-15)36-19(42)12-34-24(43)14(3)35-18(41)11-33-23-21(29)38-20(22(30)39-23)26(45)40-28(31)32/h4-8,13-14,16-17H,9-12H2,1-3H3,(H,34,43)(H,35,41)(H,36,42)(H,37,44)(H,46,47)(H3,30,33,39)(H4,31,32,40,45)/t14-,16?,17?/m1/s1. The maximum Gasteiger partial charge on any atom is 0.326 e. The van der Waals surface area contributed by atoms with E-state index in [0.717, 1.165) is 0 Å². The Bertz CT molecular complexity index is 1500. The molecule has 0 bridgehead atoms. The lowest BCUT2D eigenvalue weighted by molar-refractivity contribution is -0.142. The van der Waals surface area contributed by atoms with Gasteiger partial charge in [0.25, 0.3) is 0 Å². The number of carbonyl (C=O) groups excluding carboxylic acids is 5. The molecular weight excluding hydrogens is 638 g/mol. The second-order valence-corrected chi connectivity index (χ2v) is 11.0. The monoisotopic (exact) mass is 675 g/mol. The lowest BCUT2D eigenvalue weighted by Gasteiger charge is -2.23. The van der Waals surface area contributed by atoms with Gasteiger partial charge in [-0.25, -0.2) is 14.8 Å². The highest BCUT2D eigenvalue weighted by molar-refractivity contribution is 6.32. The normalized spacial score (nSPS) is 12.5. The topological polar surface area (TPSA) is 299 Å². The number of aliphatic imine (C=N–C) groups is 1. The molecule has 5 amide bonds. The van der Waals surface area contributed by atoms with Gasteiger partial charge in [-0.1, -0.05) is 55.8 Å². The Kier molecular flexibility index (Phi) is 14.3. The number of aromatic nitrogens is 2. The van der Waals surface area contributed by atoms with Crippen LogP contribution in [0.4, 0.5) is 11.6 Å². The van der Waals surface area contributed by atoms with Gasteiger partial charge in [-0.2, -0.15) is 4.99 Å². The lowest BCUT2D eigenvalue weighted by atomic mass is 10.0. The fourth-order valence-electron chi connectivity index (χ4n) is 3.98. The van der Waals surface area contributed by atoms with Gasteiger partial charge in [0.2, 0.25) is 23.6 Å². The summed E-state index contributed by atoms with van der Waals surface area (Å²) in [6.07, 6.45) is 0.250. The van der Waals surface area contributed by atoms with Crippen LogP contribution in [-0.4, -0.2) is 87.8 Å². The zero-order chi connectivity index (χ0) is 35.3. The van der Waals surface area contributed by atoms with E-state index in [0.29, 0.717) is 5.56 Å². The average molecular weight is 676 g/mol. The van der Waals surface area contributed by atoms with Crippen molar-refractivity contribution in [1.82, 2.24) is 31.2 Å². The van der Waals surface area contributed by atoms with Gasteiger partial charge in [0.15, 0.2) is 28.4 Å². The van der Waals surface area contributed by atoms with Crippen LogP contribution in [-0.2, 0) is 30.4 Å². The van der Waals surface area contributed by atoms with E-state index >= 15 is 0 Å². The molecule has 0 spiro atoms. The molecule has 1 aromatic carbocycles. The quantitative estimate of drug-likeness (QED) is 0.0724. The number of hydrogen-bond donors (Lipinski definition) is 9. The number of benzene rings is 1. The number of anilines is 2. The Hall–Kier alpha value is -5.52. The summed E-state index contributed by atoms with van der Waals surface area (Å²) < 4.78 is 0. The third-order valence-corrected chi connectivity index (χ3v) is 6.44. The molecule has 254 valence electrons. The second kappa shape index (κ2) is 17.8. The molecule has 18 nitrogen and oxygen atoms in total. The van der Waals surface area contributed by atoms with Crippen molar-refractivity contribution in [2.75, 3.05) is 24.1 Å². The van der Waals surface area contributed by atoms with E-state index in [-0.39, 0.29) is 35.5 Å². The first-order chi connectivity index (χ1) is 22.1. The Labute approximate surface area is 274 Å². The van der Waals surface area contributed by atoms with E-state index in [4.69, 9.17) is 28.8 Å². The van der Waals surface area contributed by atoms with E-state index in [1.54, 1.807) is 30.3 Å². The highest BCUT2D eigenvalue weighted by Crippen LogP contribution is 2.20. The van der Waals surface area contributed by atoms with Crippen LogP contribution in [0.5, 0.6) is 0 Å². The third-order valence-electron chi connectivity index (χ3n) is 6.18. The average Bonchev–Trinajstić information content (AvgIpc) is 2.99. The third kappa shape index (κ3) is 12.8. The van der Waals surface area contributed by atoms with Gasteiger partial charge in [-0.15, -0.1) is 0 Å². The molecule has 1 aromatic heterocycles. The highest BCUT2D eigenvalue weighted by atomic mass is 35.5. The van der Waals surface area contributed by atoms with Crippen molar-refractivity contribution in [3.63, 3.8) is 0 Å². The Morgan fingerprint density at radius 3 is 2.13 bits per heavy atom. The molecular formula is C28H38ClN11O7. The summed E-state index contributed by atoms with van der Waals surface area (Å²) in [5, 5.41) is 21.6. The fraction of sp³-hybridized carbons (Fsp3) is 0.393. The van der Waals surface area contributed by atoms with Crippen LogP contribution in [0.15, 0.2) is 35.3 Å². The molecule has 2 rings (SSSR count). The Morgan fingerprint density at radius 2 is 1.53 bits per heavy atom. The number of guanidine groups is 1. The van der Waals surface area contributed by atoms with Gasteiger partial charge < -0.3 is 48.9 Å². The number of nitrogen functional groups attached to an aromatic ring is 1. The van der Waals surface area contributed by atoms with E-state index in [1.807, 2.05) is 13.8 Å². The molecule has 0 aliphatic heterocycles. The second-order valence-electron chi connectivity index (χ2n) is 10.6. The summed E-state index contributed by atoms with van der Waals surface area (Å²) in [6.45, 7) is 4.02. The first-order valence-electron chi connectivity index (χ1n) is 14.2. The maximum atomic E-state index is 13.1. The van der Waals surface area contributed by atoms with Gasteiger partial charge in [0.1, 0.15) is 18.1 Å². The number of carbonyl (C=O) groups is 6. The molecule has 19 heteroatoms. The molecule has 47 heavy (non-hydrogen) atoms. The summed E-state index contributed by atoms with van der Waals surface area (Å²) in [5.41, 5.74) is 16.3. The zero-order valence-corrected chi connectivity index (χ0v) is 26.6. The Balaban J connectivity index is 1.94. The molecule has 0 fully saturated rings. The van der Waals surface area contributed by atoms with Crippen molar-refractivity contribution in [2.45, 2.75) is 51.7 Å². The summed E-state index contributed by atoms with van der Waals surface area (Å²) >= 11 is 6.01. The minimum absolute atomic E-state index is 0.0151. The molecule has 1 heterocycles. The predicted octanol–water partition coefficient (Wildman–Crippen LogP) is -1.50. The summed E-state index contributed by atoms with van der Waals surface area (Å²) in [5.74, 6) is -6.03. The van der Waals surface area contributed by atoms with Crippen molar-refractivity contribution >= 4 is 64.7 Å². The molecule has 12 N–H and O–H groups in total. The number of halogens is 1. The van der Waals surface area contributed by atoms with Crippen LogP contribution in [0.2, 0.25) is 5.15 Å². The summed E-state index contributed by atoms with van der Waals surface area (Å²) in [6, 6.07) is 5.39. The van der Waals surface area contributed by atoms with Crippen molar-refractivity contribution in [1.29, 1.82) is 0 Å². The van der Waals surface area contributed by atoms with Crippen LogP contribution in [0, 0.1) is 5.92 Å². The van der Waals surface area contributed by atoms with Crippen LogP contribution >= 0.6 is 11.6 Å². The number of carboxylic acids is 1. The number of nitrogens with two attached hydrogens (primary N) is 3. The van der Waals surface area contributed by atoms with Crippen LogP contribution in [0.3, 0.4) is 0 Å². The van der Waals surface area contributed by atoms with Crippen LogP contribution in [0.25, 0.3) is 0 Å². The lowest BCUT2D eigenvalue weighted by Crippen LogP contribution is -2.55. The van der Waals surface area contributed by atoms with Crippen molar-refractivity contribution in [3.05, 3.63) is 46.7 Å². The largest absolute Gasteiger partial charge is 0.480 e. The van der Waals surface area contributed by atoms with E-state index in [1.165, 1.54) is 6.92 Å². The SMILES string of the molecule is CC(C)CC(NC(=O)C(Cc1ccccc1)NC(=O)CNC(=O)[C@@H](C)NC(=O)CNc1nc(N)c(C(=O)N=C(N)N)nc1Cl)C(=O)O. The smallest absolute Gasteiger partial charge is 0.326 e. The molecule has 2 unspecified atom stereocenters. The van der Waals surface area contributed by atoms with Gasteiger partial charge in [0, 0.05) is 6.42 Å². The Morgan fingerprint density at radius 1 is 0.894 bits per heavy atom. The molecule has 0 radical (unpaired) electrons. The van der Waals surface area contributed by atoms with Gasteiger partial charge in [-0.3, -0.25) is 24.0 Å². The number of carboxylic acid groups (broad SMARTS) is 1. The summed E-state index contributed by atoms with van der Waals surface area (Å²) in [4.78, 5) is 85.4. The number of amides is 5. The first kappa shape index (κ1) is 37.7. The van der Waals surface area contributed by atoms with Crippen LogP contribution in [0.1, 0.15) is 43.2 Å². The van der Waals surface area contributed by atoms with Gasteiger partial charge in [-0.05, 0) is 24.8 Å². The molecule has 0 saturated carbocycles. The van der Waals surface area contributed by atoms with Crippen molar-refractivity contribution in [2.24, 2.45) is 22.4 Å². The van der Waals surface area contributed by atoms with E-state index in [2.05, 4.69) is 41.5 Å². The summed E-state index contributed by atoms with van der Waals surface area (Å²) in [7, 11) is 0. The maximum absolute atomic E-state index is 13.1. The van der Waals surface area contributed by atoms with E-state index < -0.39 is 78.4 Å². The van der Waals surface area contributed by atoms with Gasteiger partial charge >= 0.3 is 11.9 Å². The molecule has 3 atom stereocenters. The molecule has 0 aliphatic carbocycles. The molecule has 0 aliphatic rings. The zero-order valence-electron chi connectivity index (χ0n) is 25.9. The fourth-order valence-corrected chi connectivity index (χ4v) is 4.17. The predicted molar refractivity (Wildman–Crippen MR) is 172 cm³/mol. The number of nitrogens with zero attached hydrogens (tertiary/aromatic N) is 3. The number of aliphatic carboxylic acids is 1. The van der Waals surface area contributed by atoms with Gasteiger partial charge in [0.05, 0.1) is 13.1 Å². The minimum atomic E-state index is -1.20. The van der Waals surface area contributed by atoms with E-state index in [9.17, 15) is 33.9 Å². The first-order valence-corrected chi connectivity index (χ1v) is 14.6. The van der Waals surface area contributed by atoms with Crippen LogP contribution < -0.4 is 43.8 Å².